The molecule has 2 N–H and O–H groups in total. The fraction of sp³-hybridized carbons (Fsp3) is 0.528. The Morgan fingerprint density at radius 3 is 1.57 bits per heavy atom. The standard InChI is InChI=1S/C89H115FN10O22S.H2/c1-65-72-34-33-71(17-13-22-75(72)85(92-91-65)66-27-31-70(32-28-66)121-39-12-11-25-80(102)81(123(106,107)108)35-29-69(101)30-36-82(103)99-63-67-15-3-5-18-73(67)86-89(100(90)96-94-86)77-21-8-10-24-79(77)99)122-84(105)26-14-38-109-41-43-111-45-47-113-49-51-115-53-55-117-57-59-119-61-62-120-60-58-118-56-54-116-52-50-114-48-46-112-44-42-110-40-37-83(104)98-64-68-16-4-6-19-74(68)88-87(93-95-97(88)2)76-20-7-9-23-78(76)98;/h3-10,15-16,18-21,23-24,27-28,31-32,71-72,81,92H,11-14,17,22,25-26,29-30,33-64H2,1-2H3,(H,106,107,108);1H/i2D;1+1. The minimum Gasteiger partial charge on any atom is -0.494 e. The molecule has 1 fully saturated rings. The van der Waals surface area contributed by atoms with Gasteiger partial charge in [-0.2, -0.15) is 13.5 Å². The SMILES string of the molecule is [2HH].[2H]Cn1nnc2c1-c1ccccc1CN(C(=O)CCOCCOCCOCCOCCOCCOCCOCCOCCOCCOCCOCCOCCCC(=O)OC1CCCC3=C(c4ccc(OCCCCC(=O)C(CCC(=O)CCC(=O)N5Cc6ccccc6-c6nnn(F)c6-c6ccccc65)S(=O)(=O)O)cc4)NN=C(C)C3CC1)c1ccccc1-2. The number of Topliss-reactive ketones (excluding diaryl/α,β-unsaturated/α-hetero) is 2. The van der Waals surface area contributed by atoms with Crippen LogP contribution in [-0.2, 0) is 116 Å². The molecule has 11 rings (SSSR count). The predicted molar refractivity (Wildman–Crippen MR) is 457 cm³/mol. The number of nitrogens with zero attached hydrogens (tertiary/aromatic N) is 9. The van der Waals surface area contributed by atoms with Crippen LogP contribution in [0.3, 0.4) is 0 Å². The van der Waals surface area contributed by atoms with E-state index in [2.05, 4.69) is 31.2 Å². The molecule has 7 aromatic rings. The van der Waals surface area contributed by atoms with Crippen LogP contribution in [0.25, 0.3) is 50.7 Å². The van der Waals surface area contributed by atoms with Gasteiger partial charge in [-0.3, -0.25) is 34.0 Å². The summed E-state index contributed by atoms with van der Waals surface area (Å²) in [4.78, 5) is 70.3. The number of fused-ring (bicyclic) bond motifs is 11. The Balaban J connectivity index is 0.0000163. The molecule has 3 aliphatic heterocycles. The zero-order valence-electron chi connectivity index (χ0n) is 71.0. The Kier molecular flexibility index (Phi) is 38.5. The molecule has 668 valence electrons. The minimum atomic E-state index is -4.85. The summed E-state index contributed by atoms with van der Waals surface area (Å²) in [6, 6.07) is 37.0. The van der Waals surface area contributed by atoms with Crippen molar-refractivity contribution in [3.05, 3.63) is 144 Å². The second-order valence-corrected chi connectivity index (χ2v) is 31.3. The number of amides is 2. The van der Waals surface area contributed by atoms with Gasteiger partial charge in [0.1, 0.15) is 40.0 Å². The average molecular weight is 1730 g/mol. The van der Waals surface area contributed by atoms with Crippen LogP contribution in [-0.4, -0.2) is 255 Å². The number of hydrogen-bond acceptors (Lipinski definition) is 27. The van der Waals surface area contributed by atoms with E-state index >= 15 is 4.48 Å². The fourth-order valence-corrected chi connectivity index (χ4v) is 15.8. The topological polar surface area (TPSA) is 361 Å². The Hall–Kier alpha value is -9.50. The Morgan fingerprint density at radius 2 is 1.00 bits per heavy atom. The van der Waals surface area contributed by atoms with Crippen LogP contribution < -0.4 is 20.0 Å². The fourth-order valence-electron chi connectivity index (χ4n) is 14.9. The lowest BCUT2D eigenvalue weighted by Crippen LogP contribution is -2.32. The second-order valence-electron chi connectivity index (χ2n) is 29.7. The highest BCUT2D eigenvalue weighted by molar-refractivity contribution is 7.87. The number of rotatable bonds is 56. The molecule has 0 spiro atoms. The molecule has 0 bridgehead atoms. The third-order valence-electron chi connectivity index (χ3n) is 21.2. The van der Waals surface area contributed by atoms with Gasteiger partial charge in [0.05, 0.1) is 201 Å². The lowest BCUT2D eigenvalue weighted by molar-refractivity contribution is -0.150. The van der Waals surface area contributed by atoms with Crippen LogP contribution in [0.1, 0.15) is 123 Å². The molecule has 32 nitrogen and oxygen atoms in total. The summed E-state index contributed by atoms with van der Waals surface area (Å²) in [7, 11) is -4.92. The van der Waals surface area contributed by atoms with Crippen molar-refractivity contribution < 1.29 is 111 Å². The molecule has 0 saturated heterocycles. The van der Waals surface area contributed by atoms with Gasteiger partial charge in [-0.05, 0) is 129 Å². The molecule has 0 radical (unpaired) electrons. The molecule has 123 heavy (non-hydrogen) atoms. The summed E-state index contributed by atoms with van der Waals surface area (Å²) in [5.74, 6) is -1.25. The minimum absolute atomic E-state index is 0. The third-order valence-corrected chi connectivity index (χ3v) is 22.4. The quantitative estimate of drug-likeness (QED) is 0.0203. The van der Waals surface area contributed by atoms with Crippen LogP contribution in [0, 0.1) is 5.92 Å². The number of benzene rings is 5. The molecule has 1 aliphatic carbocycles. The van der Waals surface area contributed by atoms with Gasteiger partial charge in [-0.25, -0.2) is 4.68 Å². The van der Waals surface area contributed by atoms with Crippen LogP contribution in [0.15, 0.2) is 132 Å². The summed E-state index contributed by atoms with van der Waals surface area (Å²) >= 11 is 0. The molecule has 34 heteroatoms. The average Bonchev–Trinajstić information content (AvgIpc) is 1.69. The van der Waals surface area contributed by atoms with E-state index in [4.69, 9.17) is 67.7 Å². The first-order valence-electron chi connectivity index (χ1n) is 43.1. The van der Waals surface area contributed by atoms with Crippen molar-refractivity contribution in [2.45, 2.75) is 128 Å². The van der Waals surface area contributed by atoms with Crippen molar-refractivity contribution in [1.29, 1.82) is 0 Å². The molecule has 5 aromatic carbocycles. The van der Waals surface area contributed by atoms with E-state index in [1.165, 1.54) is 10.5 Å². The van der Waals surface area contributed by atoms with E-state index in [1.54, 1.807) is 58.1 Å². The van der Waals surface area contributed by atoms with E-state index < -0.39 is 39.3 Å². The maximum atomic E-state index is 15.1. The first kappa shape index (κ1) is 92.7. The van der Waals surface area contributed by atoms with Crippen molar-refractivity contribution in [2.75, 3.05) is 175 Å². The molecule has 3 unspecified atom stereocenters. The van der Waals surface area contributed by atoms with Gasteiger partial charge in [-0.15, -0.1) is 10.2 Å². The van der Waals surface area contributed by atoms with Gasteiger partial charge in [0, 0.05) is 82.4 Å². The Labute approximate surface area is 720 Å². The van der Waals surface area contributed by atoms with Gasteiger partial charge in [0.15, 0.2) is 5.78 Å². The van der Waals surface area contributed by atoms with Crippen LogP contribution in [0.5, 0.6) is 5.75 Å². The van der Waals surface area contributed by atoms with Crippen molar-refractivity contribution in [1.82, 2.24) is 35.6 Å². The lowest BCUT2D eigenvalue weighted by atomic mass is 9.80. The summed E-state index contributed by atoms with van der Waals surface area (Å²) in [5.41, 5.74) is 14.6. The van der Waals surface area contributed by atoms with E-state index in [0.29, 0.717) is 217 Å². The number of aryl methyl sites for hydroxylation is 1. The highest BCUT2D eigenvalue weighted by Gasteiger charge is 2.35. The van der Waals surface area contributed by atoms with E-state index in [-0.39, 0.29) is 108 Å². The third kappa shape index (κ3) is 29.3. The smallest absolute Gasteiger partial charge is 0.306 e. The zero-order chi connectivity index (χ0) is 86.9. The number of esters is 1. The van der Waals surface area contributed by atoms with Crippen LogP contribution in [0.4, 0.5) is 15.9 Å². The summed E-state index contributed by atoms with van der Waals surface area (Å²) < 4.78 is 139. The summed E-state index contributed by atoms with van der Waals surface area (Å²) in [6.07, 6.45) is 3.83. The number of carbonyl (C=O) groups excluding carboxylic acids is 5. The van der Waals surface area contributed by atoms with Crippen molar-refractivity contribution in [3.63, 3.8) is 0 Å². The van der Waals surface area contributed by atoms with E-state index in [9.17, 15) is 36.9 Å². The second kappa shape index (κ2) is 51.1. The number of anilines is 2. The number of ketones is 2. The lowest BCUT2D eigenvalue weighted by Gasteiger charge is -2.32. The molecule has 5 heterocycles. The Morgan fingerprint density at radius 1 is 0.512 bits per heavy atom. The number of hydrazone groups is 1. The van der Waals surface area contributed by atoms with Gasteiger partial charge in [0.2, 0.25) is 11.8 Å². The van der Waals surface area contributed by atoms with Gasteiger partial charge >= 0.3 is 5.97 Å². The summed E-state index contributed by atoms with van der Waals surface area (Å²) in [6.45, 7) is 12.7. The van der Waals surface area contributed by atoms with Crippen molar-refractivity contribution in [3.8, 4) is 50.8 Å². The largest absolute Gasteiger partial charge is 0.494 e. The molecule has 2 aromatic heterocycles. The molecular formula is C89H117FN10O22S. The number of carbonyl (C=O) groups is 5. The zero-order valence-corrected chi connectivity index (χ0v) is 70.8. The van der Waals surface area contributed by atoms with E-state index in [0.717, 1.165) is 70.7 Å². The van der Waals surface area contributed by atoms with Gasteiger partial charge in [0.25, 0.3) is 10.1 Å². The highest BCUT2D eigenvalue weighted by Crippen LogP contribution is 2.44. The van der Waals surface area contributed by atoms with Crippen molar-refractivity contribution in [2.24, 2.45) is 18.0 Å². The molecular weight excluding hydrogens is 1610 g/mol. The first-order valence-corrected chi connectivity index (χ1v) is 43.9. The van der Waals surface area contributed by atoms with Crippen molar-refractivity contribution >= 4 is 62.3 Å². The number of unbranched alkanes of at least 4 members (excludes halogenated alkanes) is 1. The molecule has 2 amide bonds. The number of para-hydroxylation sites is 2. The number of nitrogens with one attached hydrogen (secondary N) is 1. The van der Waals surface area contributed by atoms with Gasteiger partial charge in [-0.1, -0.05) is 99.5 Å². The maximum absolute atomic E-state index is 15.1. The van der Waals surface area contributed by atoms with Crippen LogP contribution >= 0.6 is 0 Å². The first-order chi connectivity index (χ1) is 60.6. The number of allylic oxidation sites excluding steroid dienone is 1. The maximum Gasteiger partial charge on any atom is 0.306 e. The molecule has 4 aliphatic rings. The van der Waals surface area contributed by atoms with Gasteiger partial charge < -0.3 is 76.1 Å². The van der Waals surface area contributed by atoms with E-state index in [1.807, 2.05) is 79.7 Å². The monoisotopic (exact) mass is 1730 g/mol. The molecule has 1 saturated carbocycles. The number of ether oxygens (including phenoxy) is 14. The summed E-state index contributed by atoms with van der Waals surface area (Å²) in [5, 5.41) is 19.2. The van der Waals surface area contributed by atoms with Crippen LogP contribution in [0.2, 0.25) is 0 Å². The number of halogens is 1. The predicted octanol–water partition coefficient (Wildman–Crippen LogP) is 11.2. The normalized spacial score (nSPS) is 15.3. The Bertz CT molecular complexity index is 4720. The highest BCUT2D eigenvalue weighted by atomic mass is 32.2. The molecule has 3 atom stereocenters. The number of hydrogen-bond donors (Lipinski definition) is 2. The number of aromatic nitrogens is 6.